The monoisotopic (exact) mass is 249 g/mol. The zero-order valence-corrected chi connectivity index (χ0v) is 13.4. The molecule has 1 aliphatic heterocycles. The molecule has 104 valence electrons. The smallest absolute Gasteiger partial charge is 0.0910 e. The molecule has 0 N–H and O–H groups in total. The van der Waals surface area contributed by atoms with E-state index in [1.807, 2.05) is 0 Å². The fourth-order valence-corrected chi connectivity index (χ4v) is 3.98. The Bertz CT molecular complexity index is 251. The van der Waals surface area contributed by atoms with Crippen LogP contribution in [0, 0.1) is 17.3 Å². The van der Waals surface area contributed by atoms with Crippen LogP contribution in [0.25, 0.3) is 0 Å². The highest BCUT2D eigenvalue weighted by Crippen LogP contribution is 2.40. The van der Waals surface area contributed by atoms with Gasteiger partial charge < -0.3 is 4.90 Å². The Hall–Kier alpha value is 0.0249. The Labute approximate surface area is 116 Å². The maximum absolute atomic E-state index is 6.47. The van der Waals surface area contributed by atoms with Crippen molar-refractivity contribution in [1.82, 2.24) is 4.90 Å². The van der Waals surface area contributed by atoms with E-state index in [1.54, 1.807) is 0 Å². The molecule has 2 radical (unpaired) electrons. The van der Waals surface area contributed by atoms with E-state index in [1.165, 1.54) is 19.3 Å². The Morgan fingerprint density at radius 1 is 1.22 bits per heavy atom. The summed E-state index contributed by atoms with van der Waals surface area (Å²) in [6.45, 7) is 15.2. The van der Waals surface area contributed by atoms with Crippen molar-refractivity contribution < 1.29 is 0 Å². The lowest BCUT2D eigenvalue weighted by molar-refractivity contribution is 0.0829. The van der Waals surface area contributed by atoms with Crippen LogP contribution in [-0.4, -0.2) is 31.3 Å². The van der Waals surface area contributed by atoms with Gasteiger partial charge in [-0.1, -0.05) is 27.7 Å². The van der Waals surface area contributed by atoms with E-state index in [0.29, 0.717) is 11.5 Å². The van der Waals surface area contributed by atoms with E-state index < -0.39 is 0 Å². The lowest BCUT2D eigenvalue weighted by atomic mass is 9.66. The first-order valence-corrected chi connectivity index (χ1v) is 7.75. The predicted molar refractivity (Wildman–Crippen MR) is 82.0 cm³/mol. The Balaban J connectivity index is 2.80. The van der Waals surface area contributed by atoms with Crippen molar-refractivity contribution in [3.8, 4) is 0 Å². The van der Waals surface area contributed by atoms with Crippen LogP contribution < -0.4 is 0 Å². The van der Waals surface area contributed by atoms with Gasteiger partial charge in [0.1, 0.15) is 0 Å². The topological polar surface area (TPSA) is 3.24 Å². The summed E-state index contributed by atoms with van der Waals surface area (Å²) in [7, 11) is 6.47. The first-order chi connectivity index (χ1) is 8.23. The lowest BCUT2D eigenvalue weighted by Crippen LogP contribution is -2.46. The molecule has 1 nitrogen and oxygen atoms in total. The Morgan fingerprint density at radius 2 is 1.83 bits per heavy atom. The molecule has 18 heavy (non-hydrogen) atoms. The highest BCUT2D eigenvalue weighted by molar-refractivity contribution is 6.11. The molecule has 1 heterocycles. The molecule has 1 fully saturated rings. The molecule has 2 heteroatoms. The zero-order chi connectivity index (χ0) is 13.9. The summed E-state index contributed by atoms with van der Waals surface area (Å²) in [4.78, 5) is 2.49. The highest BCUT2D eigenvalue weighted by atomic mass is 15.2. The maximum Gasteiger partial charge on any atom is 0.0910 e. The predicted octanol–water partition coefficient (Wildman–Crippen LogP) is 4.06. The van der Waals surface area contributed by atoms with Gasteiger partial charge in [0, 0.05) is 6.04 Å². The fraction of sp³-hybridized carbons (Fsp3) is 1.00. The summed E-state index contributed by atoms with van der Waals surface area (Å²) >= 11 is 0. The van der Waals surface area contributed by atoms with Crippen molar-refractivity contribution in [3.05, 3.63) is 0 Å². The summed E-state index contributed by atoms with van der Waals surface area (Å²) in [6, 6.07) is 0.564. The van der Waals surface area contributed by atoms with E-state index >= 15 is 0 Å². The van der Waals surface area contributed by atoms with Crippen molar-refractivity contribution in [2.24, 2.45) is 17.3 Å². The minimum Gasteiger partial charge on any atom is -0.307 e. The van der Waals surface area contributed by atoms with Crippen molar-refractivity contribution in [1.29, 1.82) is 0 Å². The molecule has 0 aromatic heterocycles. The fourth-order valence-electron chi connectivity index (χ4n) is 3.98. The minimum absolute atomic E-state index is 0.237. The largest absolute Gasteiger partial charge is 0.307 e. The number of hydrogen-bond donors (Lipinski definition) is 0. The maximum atomic E-state index is 6.47. The summed E-state index contributed by atoms with van der Waals surface area (Å²) < 4.78 is 0. The molecule has 1 aliphatic rings. The van der Waals surface area contributed by atoms with Gasteiger partial charge in [-0.15, -0.1) is 0 Å². The van der Waals surface area contributed by atoms with E-state index in [9.17, 15) is 0 Å². The standard InChI is InChI=1S/C16H32BN/c1-12(2)9-16(6)10-14(5)7-8-18(13(3)4)15(17)11-16/h12-15H,7-11H2,1-6H3. The third-order valence-corrected chi connectivity index (χ3v) is 4.41. The van der Waals surface area contributed by atoms with Gasteiger partial charge >= 0.3 is 0 Å². The van der Waals surface area contributed by atoms with Gasteiger partial charge in [-0.2, -0.15) is 0 Å². The van der Waals surface area contributed by atoms with Gasteiger partial charge in [-0.3, -0.25) is 0 Å². The molecule has 3 unspecified atom stereocenters. The second-order valence-corrected chi connectivity index (χ2v) is 7.61. The van der Waals surface area contributed by atoms with Crippen molar-refractivity contribution >= 4 is 7.85 Å². The third-order valence-electron chi connectivity index (χ3n) is 4.41. The van der Waals surface area contributed by atoms with Crippen LogP contribution >= 0.6 is 0 Å². The van der Waals surface area contributed by atoms with Crippen LogP contribution in [0.3, 0.4) is 0 Å². The summed E-state index contributed by atoms with van der Waals surface area (Å²) in [5, 5.41) is 0. The summed E-state index contributed by atoms with van der Waals surface area (Å²) in [5.41, 5.74) is 0.417. The van der Waals surface area contributed by atoms with Gasteiger partial charge in [0.05, 0.1) is 7.85 Å². The average molecular weight is 249 g/mol. The van der Waals surface area contributed by atoms with Crippen LogP contribution in [0.5, 0.6) is 0 Å². The van der Waals surface area contributed by atoms with Crippen molar-refractivity contribution in [3.63, 3.8) is 0 Å². The molecule has 1 saturated heterocycles. The highest BCUT2D eigenvalue weighted by Gasteiger charge is 2.33. The molecule has 0 aromatic rings. The van der Waals surface area contributed by atoms with Crippen LogP contribution in [-0.2, 0) is 0 Å². The third kappa shape index (κ3) is 4.61. The Kier molecular flexibility index (Phi) is 5.77. The van der Waals surface area contributed by atoms with E-state index in [4.69, 9.17) is 7.85 Å². The van der Waals surface area contributed by atoms with Gasteiger partial charge in [0.25, 0.3) is 0 Å². The minimum atomic E-state index is 0.237. The summed E-state index contributed by atoms with van der Waals surface area (Å²) in [5.74, 6) is 1.82. The van der Waals surface area contributed by atoms with E-state index in [0.717, 1.165) is 24.8 Å². The molecule has 0 amide bonds. The number of nitrogens with zero attached hydrogens (tertiary/aromatic N) is 1. The first kappa shape index (κ1) is 16.1. The van der Waals surface area contributed by atoms with Gasteiger partial charge in [0.2, 0.25) is 0 Å². The normalized spacial score (nSPS) is 35.8. The molecule has 0 bridgehead atoms. The Morgan fingerprint density at radius 3 is 2.33 bits per heavy atom. The SMILES string of the molecule is [B]C1CC(C)(CC(C)C)CC(C)CCN1C(C)C. The average Bonchev–Trinajstić information content (AvgIpc) is 2.12. The molecular weight excluding hydrogens is 217 g/mol. The van der Waals surface area contributed by atoms with Crippen molar-refractivity contribution in [2.75, 3.05) is 6.54 Å². The van der Waals surface area contributed by atoms with Gasteiger partial charge in [-0.25, -0.2) is 0 Å². The van der Waals surface area contributed by atoms with Gasteiger partial charge in [0.15, 0.2) is 0 Å². The molecule has 0 aliphatic carbocycles. The molecular formula is C16H32BN. The molecule has 1 rings (SSSR count). The second kappa shape index (κ2) is 6.46. The van der Waals surface area contributed by atoms with Gasteiger partial charge in [-0.05, 0) is 69.3 Å². The van der Waals surface area contributed by atoms with Crippen molar-refractivity contribution in [2.45, 2.75) is 79.2 Å². The second-order valence-electron chi connectivity index (χ2n) is 7.61. The number of rotatable bonds is 3. The molecule has 3 atom stereocenters. The van der Waals surface area contributed by atoms with E-state index in [-0.39, 0.29) is 5.94 Å². The van der Waals surface area contributed by atoms with Crippen LogP contribution in [0.1, 0.15) is 67.2 Å². The number of hydrogen-bond acceptors (Lipinski definition) is 1. The molecule has 0 saturated carbocycles. The number of likely N-dealkylation sites (tertiary alicyclic amines) is 1. The first-order valence-electron chi connectivity index (χ1n) is 7.75. The molecule has 0 spiro atoms. The zero-order valence-electron chi connectivity index (χ0n) is 13.4. The molecule has 0 aromatic carbocycles. The van der Waals surface area contributed by atoms with Crippen LogP contribution in [0.2, 0.25) is 0 Å². The van der Waals surface area contributed by atoms with E-state index in [2.05, 4.69) is 46.4 Å². The van der Waals surface area contributed by atoms with Crippen LogP contribution in [0.4, 0.5) is 0 Å². The van der Waals surface area contributed by atoms with Crippen LogP contribution in [0.15, 0.2) is 0 Å². The quantitative estimate of drug-likeness (QED) is 0.682. The lowest BCUT2D eigenvalue weighted by Gasteiger charge is -2.44. The summed E-state index contributed by atoms with van der Waals surface area (Å²) in [6.07, 6.45) is 5.08.